The van der Waals surface area contributed by atoms with E-state index in [1.54, 1.807) is 0 Å². The van der Waals surface area contributed by atoms with E-state index in [1.165, 1.54) is 31.3 Å². The average molecular weight is 306 g/mol. The van der Waals surface area contributed by atoms with Crippen molar-refractivity contribution in [2.45, 2.75) is 19.0 Å². The number of sulfonamides is 1. The molecule has 0 spiro atoms. The molecule has 0 N–H and O–H groups in total. The largest absolute Gasteiger partial charge is 0.389 e. The number of anilines is 1. The fourth-order valence-electron chi connectivity index (χ4n) is 1.50. The third-order valence-corrected chi connectivity index (χ3v) is 4.49. The summed E-state index contributed by atoms with van der Waals surface area (Å²) in [6.45, 7) is 0. The topological polar surface area (TPSA) is 61.2 Å². The van der Waals surface area contributed by atoms with Crippen molar-refractivity contribution in [1.82, 2.24) is 0 Å². The van der Waals surface area contributed by atoms with Gasteiger partial charge in [0.25, 0.3) is 0 Å². The Morgan fingerprint density at radius 1 is 1.25 bits per heavy atom. The minimum absolute atomic E-state index is 0.302. The van der Waals surface area contributed by atoms with Crippen molar-refractivity contribution in [3.63, 3.8) is 0 Å². The van der Waals surface area contributed by atoms with Crippen LogP contribution in [0.5, 0.6) is 0 Å². The molecule has 0 radical (unpaired) electrons. The predicted octanol–water partition coefficient (Wildman–Crippen LogP) is 2.67. The summed E-state index contributed by atoms with van der Waals surface area (Å²) in [5, 5.41) is 8.63. The van der Waals surface area contributed by atoms with Crippen LogP contribution < -0.4 is 4.31 Å². The molecule has 20 heavy (non-hydrogen) atoms. The van der Waals surface area contributed by atoms with E-state index in [0.29, 0.717) is 11.3 Å². The number of rotatable bonds is 5. The lowest BCUT2D eigenvalue weighted by Gasteiger charge is -2.19. The molecule has 0 aliphatic carbocycles. The van der Waals surface area contributed by atoms with E-state index in [2.05, 4.69) is 0 Å². The summed E-state index contributed by atoms with van der Waals surface area (Å²) in [4.78, 5) is 0. The molecule has 4 nitrogen and oxygen atoms in total. The van der Waals surface area contributed by atoms with E-state index >= 15 is 0 Å². The van der Waals surface area contributed by atoms with Crippen LogP contribution in [0, 0.1) is 11.3 Å². The van der Waals surface area contributed by atoms with Gasteiger partial charge in [0.15, 0.2) is 0 Å². The zero-order valence-electron chi connectivity index (χ0n) is 10.7. The van der Waals surface area contributed by atoms with Crippen molar-refractivity contribution in [2.24, 2.45) is 0 Å². The summed E-state index contributed by atoms with van der Waals surface area (Å²) < 4.78 is 60.6. The summed E-state index contributed by atoms with van der Waals surface area (Å²) in [6, 6.07) is 7.63. The van der Waals surface area contributed by atoms with Crippen molar-refractivity contribution in [1.29, 1.82) is 5.26 Å². The van der Waals surface area contributed by atoms with Gasteiger partial charge in [-0.3, -0.25) is 4.31 Å². The second-order valence-corrected chi connectivity index (χ2v) is 6.28. The van der Waals surface area contributed by atoms with E-state index < -0.39 is 34.8 Å². The number of benzene rings is 1. The van der Waals surface area contributed by atoms with Crippen LogP contribution in [-0.2, 0) is 10.0 Å². The molecular weight excluding hydrogens is 293 g/mol. The molecule has 0 fully saturated rings. The molecule has 8 heteroatoms. The Balaban J connectivity index is 2.73. The van der Waals surface area contributed by atoms with E-state index in [9.17, 15) is 21.6 Å². The summed E-state index contributed by atoms with van der Waals surface area (Å²) in [7, 11) is -2.54. The molecule has 0 amide bonds. The molecule has 1 aromatic carbocycles. The van der Waals surface area contributed by atoms with Crippen molar-refractivity contribution in [2.75, 3.05) is 17.1 Å². The fourth-order valence-corrected chi connectivity index (χ4v) is 2.72. The first-order chi connectivity index (χ1) is 9.15. The minimum atomic E-state index is -4.36. The maximum absolute atomic E-state index is 12.0. The van der Waals surface area contributed by atoms with Crippen molar-refractivity contribution in [3.8, 4) is 6.07 Å². The highest BCUT2D eigenvalue weighted by atomic mass is 32.2. The first-order valence-electron chi connectivity index (χ1n) is 5.69. The third kappa shape index (κ3) is 4.74. The van der Waals surface area contributed by atoms with Gasteiger partial charge in [-0.15, -0.1) is 0 Å². The summed E-state index contributed by atoms with van der Waals surface area (Å²) in [5.41, 5.74) is 0.674. The first kappa shape index (κ1) is 16.3. The third-order valence-electron chi connectivity index (χ3n) is 2.64. The van der Waals surface area contributed by atoms with Crippen LogP contribution in [0.2, 0.25) is 0 Å². The monoisotopic (exact) mass is 306 g/mol. The lowest BCUT2D eigenvalue weighted by molar-refractivity contribution is -0.134. The van der Waals surface area contributed by atoms with Gasteiger partial charge in [0.1, 0.15) is 0 Å². The van der Waals surface area contributed by atoms with Crippen LogP contribution >= 0.6 is 0 Å². The Morgan fingerprint density at radius 3 is 2.25 bits per heavy atom. The SMILES string of the molecule is CN(c1ccc(C#N)cc1)S(=O)(=O)CCCC(F)(F)F. The zero-order chi connectivity index (χ0) is 15.4. The quantitative estimate of drug-likeness (QED) is 0.840. The maximum Gasteiger partial charge on any atom is 0.389 e. The molecule has 1 aromatic rings. The summed E-state index contributed by atoms with van der Waals surface area (Å²) in [5.74, 6) is -0.580. The highest BCUT2D eigenvalue weighted by Gasteiger charge is 2.28. The number of hydrogen-bond acceptors (Lipinski definition) is 3. The van der Waals surface area contributed by atoms with Gasteiger partial charge in [0.2, 0.25) is 10.0 Å². The molecule has 0 saturated heterocycles. The molecule has 0 aromatic heterocycles. The molecule has 0 aliphatic rings. The Morgan fingerprint density at radius 2 is 1.80 bits per heavy atom. The number of nitrogens with zero attached hydrogens (tertiary/aromatic N) is 2. The van der Waals surface area contributed by atoms with Gasteiger partial charge in [0, 0.05) is 13.5 Å². The van der Waals surface area contributed by atoms with Gasteiger partial charge >= 0.3 is 6.18 Å². The standard InChI is InChI=1S/C12H13F3N2O2S/c1-17(11-5-3-10(9-16)4-6-11)20(18,19)8-2-7-12(13,14)15/h3-6H,2,7-8H2,1H3. The molecule has 1 rings (SSSR count). The second-order valence-electron chi connectivity index (χ2n) is 4.16. The zero-order valence-corrected chi connectivity index (χ0v) is 11.5. The number of hydrogen-bond donors (Lipinski definition) is 0. The van der Waals surface area contributed by atoms with Crippen molar-refractivity contribution in [3.05, 3.63) is 29.8 Å². The van der Waals surface area contributed by atoms with Crippen LogP contribution in [0.15, 0.2) is 24.3 Å². The molecule has 110 valence electrons. The van der Waals surface area contributed by atoms with Crippen LogP contribution in [-0.4, -0.2) is 27.4 Å². The van der Waals surface area contributed by atoms with Crippen molar-refractivity contribution >= 4 is 15.7 Å². The highest BCUT2D eigenvalue weighted by Crippen LogP contribution is 2.23. The van der Waals surface area contributed by atoms with E-state index in [-0.39, 0.29) is 0 Å². The molecule has 0 saturated carbocycles. The number of nitriles is 1. The van der Waals surface area contributed by atoms with Crippen LogP contribution in [0.1, 0.15) is 18.4 Å². The maximum atomic E-state index is 12.0. The highest BCUT2D eigenvalue weighted by molar-refractivity contribution is 7.92. The van der Waals surface area contributed by atoms with Crippen LogP contribution in [0.4, 0.5) is 18.9 Å². The van der Waals surface area contributed by atoms with Crippen LogP contribution in [0.25, 0.3) is 0 Å². The lowest BCUT2D eigenvalue weighted by atomic mass is 10.2. The molecule has 0 heterocycles. The van der Waals surface area contributed by atoms with Gasteiger partial charge in [-0.25, -0.2) is 8.42 Å². The second kappa shape index (κ2) is 6.13. The van der Waals surface area contributed by atoms with E-state index in [1.807, 2.05) is 6.07 Å². The molecule has 0 atom stereocenters. The van der Waals surface area contributed by atoms with Crippen LogP contribution in [0.3, 0.4) is 0 Å². The lowest BCUT2D eigenvalue weighted by Crippen LogP contribution is -2.29. The summed E-state index contributed by atoms with van der Waals surface area (Å²) in [6.07, 6.45) is -5.97. The molecule has 0 bridgehead atoms. The summed E-state index contributed by atoms with van der Waals surface area (Å²) >= 11 is 0. The normalized spacial score (nSPS) is 11.9. The van der Waals surface area contributed by atoms with E-state index in [4.69, 9.17) is 5.26 Å². The number of halogens is 3. The first-order valence-corrected chi connectivity index (χ1v) is 7.30. The molecule has 0 unspecified atom stereocenters. The average Bonchev–Trinajstić information content (AvgIpc) is 2.36. The Labute approximate surface area is 115 Å². The molecule has 0 aliphatic heterocycles. The fraction of sp³-hybridized carbons (Fsp3) is 0.417. The smallest absolute Gasteiger partial charge is 0.273 e. The van der Waals surface area contributed by atoms with Crippen molar-refractivity contribution < 1.29 is 21.6 Å². The minimum Gasteiger partial charge on any atom is -0.273 e. The Bertz CT molecular complexity index is 589. The Kier molecular flexibility index (Phi) is 5.00. The van der Waals surface area contributed by atoms with Gasteiger partial charge in [-0.2, -0.15) is 18.4 Å². The van der Waals surface area contributed by atoms with Gasteiger partial charge in [0.05, 0.1) is 23.1 Å². The van der Waals surface area contributed by atoms with E-state index in [0.717, 1.165) is 4.31 Å². The molecular formula is C12H13F3N2O2S. The Hall–Kier alpha value is -1.75. The predicted molar refractivity (Wildman–Crippen MR) is 68.6 cm³/mol. The number of alkyl halides is 3. The van der Waals surface area contributed by atoms with Gasteiger partial charge in [-0.05, 0) is 30.7 Å². The van der Waals surface area contributed by atoms with Gasteiger partial charge < -0.3 is 0 Å². The van der Waals surface area contributed by atoms with Gasteiger partial charge in [-0.1, -0.05) is 0 Å².